The molecule has 0 spiro atoms. The molecule has 7 nitrogen and oxygen atoms in total. The number of cyclic esters (lactones) is 1. The van der Waals surface area contributed by atoms with Crippen molar-refractivity contribution in [2.24, 2.45) is 0 Å². The predicted octanol–water partition coefficient (Wildman–Crippen LogP) is 3.63. The smallest absolute Gasteiger partial charge is 0.338 e. The number of esters is 1. The minimum Gasteiger partial charge on any atom is -0.457 e. The maximum atomic E-state index is 14.8. The second-order valence-electron chi connectivity index (χ2n) is 9.30. The van der Waals surface area contributed by atoms with Crippen molar-refractivity contribution in [3.63, 3.8) is 0 Å². The van der Waals surface area contributed by atoms with Crippen LogP contribution in [0.4, 0.5) is 4.39 Å². The number of rotatable bonds is 6. The van der Waals surface area contributed by atoms with Gasteiger partial charge in [-0.3, -0.25) is 4.90 Å². The van der Waals surface area contributed by atoms with Crippen LogP contribution in [0.15, 0.2) is 36.5 Å². The molecular formula is C27H29FN4O3. The van der Waals surface area contributed by atoms with Crippen molar-refractivity contribution in [3.05, 3.63) is 81.4 Å². The SMILES string of the molecule is CNC(C)c1ccc(-c2ncc3c(n2)CCN(CC(O)c2ccc4c(c2C)COC4=O)C3)c(F)c1. The van der Waals surface area contributed by atoms with E-state index in [1.165, 1.54) is 6.07 Å². The molecule has 35 heavy (non-hydrogen) atoms. The van der Waals surface area contributed by atoms with Crippen molar-refractivity contribution < 1.29 is 19.0 Å². The van der Waals surface area contributed by atoms with E-state index in [1.807, 2.05) is 33.0 Å². The van der Waals surface area contributed by atoms with Gasteiger partial charge in [0.1, 0.15) is 12.4 Å². The van der Waals surface area contributed by atoms with Gasteiger partial charge in [0.25, 0.3) is 0 Å². The van der Waals surface area contributed by atoms with Crippen molar-refractivity contribution in [2.75, 3.05) is 20.1 Å². The molecule has 2 aliphatic rings. The van der Waals surface area contributed by atoms with E-state index in [1.54, 1.807) is 18.3 Å². The highest BCUT2D eigenvalue weighted by atomic mass is 19.1. The van der Waals surface area contributed by atoms with E-state index in [2.05, 4.69) is 20.2 Å². The molecule has 0 amide bonds. The number of nitrogens with zero attached hydrogens (tertiary/aromatic N) is 3. The molecule has 2 atom stereocenters. The van der Waals surface area contributed by atoms with E-state index >= 15 is 0 Å². The summed E-state index contributed by atoms with van der Waals surface area (Å²) in [6, 6.07) is 8.78. The van der Waals surface area contributed by atoms with Crippen molar-refractivity contribution in [1.29, 1.82) is 0 Å². The fourth-order valence-corrected chi connectivity index (χ4v) is 4.88. The van der Waals surface area contributed by atoms with Crippen LogP contribution in [0.3, 0.4) is 0 Å². The Kier molecular flexibility index (Phi) is 6.35. The number of hydrogen-bond acceptors (Lipinski definition) is 7. The first-order valence-electron chi connectivity index (χ1n) is 11.9. The van der Waals surface area contributed by atoms with Gasteiger partial charge in [0.2, 0.25) is 0 Å². The molecule has 0 aliphatic carbocycles. The number of benzene rings is 2. The van der Waals surface area contributed by atoms with Gasteiger partial charge in [-0.05, 0) is 55.8 Å². The highest BCUT2D eigenvalue weighted by Crippen LogP contribution is 2.31. The number of fused-ring (bicyclic) bond motifs is 2. The van der Waals surface area contributed by atoms with Gasteiger partial charge in [-0.2, -0.15) is 0 Å². The van der Waals surface area contributed by atoms with Crippen molar-refractivity contribution in [3.8, 4) is 11.4 Å². The van der Waals surface area contributed by atoms with Crippen molar-refractivity contribution in [2.45, 2.75) is 45.6 Å². The summed E-state index contributed by atoms with van der Waals surface area (Å²) in [6.45, 7) is 5.95. The summed E-state index contributed by atoms with van der Waals surface area (Å²) in [5, 5.41) is 14.1. The number of ether oxygens (including phenoxy) is 1. The Balaban J connectivity index is 1.30. The molecule has 3 aromatic rings. The lowest BCUT2D eigenvalue weighted by Gasteiger charge is -2.30. The van der Waals surface area contributed by atoms with E-state index in [-0.39, 0.29) is 24.4 Å². The maximum Gasteiger partial charge on any atom is 0.338 e. The largest absolute Gasteiger partial charge is 0.457 e. The van der Waals surface area contributed by atoms with Crippen molar-refractivity contribution >= 4 is 5.97 Å². The van der Waals surface area contributed by atoms with Crippen LogP contribution >= 0.6 is 0 Å². The first-order valence-corrected chi connectivity index (χ1v) is 11.9. The number of carbonyl (C=O) groups excluding carboxylic acids is 1. The van der Waals surface area contributed by atoms with Gasteiger partial charge >= 0.3 is 5.97 Å². The molecule has 2 aromatic carbocycles. The number of hydrogen-bond donors (Lipinski definition) is 2. The standard InChI is InChI=1S/C27H29FN4O3/c1-15-19(6-7-20-22(15)14-35-27(20)34)25(33)13-32-9-8-24-18(12-32)11-30-26(31-24)21-5-4-17(10-23(21)28)16(2)29-3/h4-7,10-11,16,25,29,33H,8-9,12-14H2,1-3H3. The van der Waals surface area contributed by atoms with E-state index < -0.39 is 6.10 Å². The zero-order chi connectivity index (χ0) is 24.7. The van der Waals surface area contributed by atoms with Crippen LogP contribution in [-0.4, -0.2) is 46.1 Å². The zero-order valence-corrected chi connectivity index (χ0v) is 20.1. The summed E-state index contributed by atoms with van der Waals surface area (Å²) < 4.78 is 19.9. The zero-order valence-electron chi connectivity index (χ0n) is 20.1. The predicted molar refractivity (Wildman–Crippen MR) is 129 cm³/mol. The van der Waals surface area contributed by atoms with Gasteiger partial charge in [-0.15, -0.1) is 0 Å². The lowest BCUT2D eigenvalue weighted by atomic mass is 9.95. The van der Waals surface area contributed by atoms with Crippen LogP contribution in [0.25, 0.3) is 11.4 Å². The summed E-state index contributed by atoms with van der Waals surface area (Å²) in [5.74, 6) is -0.245. The maximum absolute atomic E-state index is 14.8. The Morgan fingerprint density at radius 3 is 2.83 bits per heavy atom. The minimum atomic E-state index is -0.689. The van der Waals surface area contributed by atoms with Crippen LogP contribution in [0, 0.1) is 12.7 Å². The number of halogens is 1. The van der Waals surface area contributed by atoms with Crippen LogP contribution in [0.5, 0.6) is 0 Å². The third-order valence-electron chi connectivity index (χ3n) is 7.18. The first kappa shape index (κ1) is 23.5. The molecule has 1 aromatic heterocycles. The molecule has 2 aliphatic heterocycles. The third kappa shape index (κ3) is 4.45. The Bertz CT molecular complexity index is 1300. The normalized spacial score (nSPS) is 17.0. The van der Waals surface area contributed by atoms with Gasteiger partial charge in [-0.1, -0.05) is 12.1 Å². The van der Waals surface area contributed by atoms with Gasteiger partial charge in [-0.25, -0.2) is 19.2 Å². The number of aromatic nitrogens is 2. The molecule has 182 valence electrons. The lowest BCUT2D eigenvalue weighted by Crippen LogP contribution is -2.34. The Morgan fingerprint density at radius 1 is 1.26 bits per heavy atom. The fraction of sp³-hybridized carbons (Fsp3) is 0.370. The highest BCUT2D eigenvalue weighted by Gasteiger charge is 2.27. The summed E-state index contributed by atoms with van der Waals surface area (Å²) >= 11 is 0. The quantitative estimate of drug-likeness (QED) is 0.526. The monoisotopic (exact) mass is 476 g/mol. The lowest BCUT2D eigenvalue weighted by molar-refractivity contribution is 0.0535. The third-order valence-corrected chi connectivity index (χ3v) is 7.18. The number of aliphatic hydroxyl groups excluding tert-OH is 1. The average molecular weight is 477 g/mol. The van der Waals surface area contributed by atoms with E-state index in [4.69, 9.17) is 4.74 Å². The van der Waals surface area contributed by atoms with E-state index in [9.17, 15) is 14.3 Å². The van der Waals surface area contributed by atoms with Gasteiger partial charge in [0.15, 0.2) is 5.82 Å². The Morgan fingerprint density at radius 2 is 2.06 bits per heavy atom. The minimum absolute atomic E-state index is 0.0563. The Labute approximate surface area is 204 Å². The topological polar surface area (TPSA) is 87.6 Å². The van der Waals surface area contributed by atoms with E-state index in [0.29, 0.717) is 36.5 Å². The van der Waals surface area contributed by atoms with Gasteiger partial charge in [0.05, 0.1) is 22.9 Å². The van der Waals surface area contributed by atoms with Crippen molar-refractivity contribution in [1.82, 2.24) is 20.2 Å². The molecule has 5 rings (SSSR count). The summed E-state index contributed by atoms with van der Waals surface area (Å²) in [6.07, 6.45) is 1.77. The molecule has 2 unspecified atom stereocenters. The second-order valence-corrected chi connectivity index (χ2v) is 9.30. The molecule has 2 N–H and O–H groups in total. The van der Waals surface area contributed by atoms with E-state index in [0.717, 1.165) is 40.1 Å². The molecule has 0 bridgehead atoms. The number of nitrogens with one attached hydrogen (secondary N) is 1. The molecule has 0 fully saturated rings. The highest BCUT2D eigenvalue weighted by molar-refractivity contribution is 5.93. The van der Waals surface area contributed by atoms with Crippen LogP contribution < -0.4 is 5.32 Å². The molecule has 3 heterocycles. The molecule has 0 radical (unpaired) electrons. The van der Waals surface area contributed by atoms with Gasteiger partial charge < -0.3 is 15.2 Å². The molecule has 0 saturated carbocycles. The van der Waals surface area contributed by atoms with Crippen LogP contribution in [0.1, 0.15) is 62.9 Å². The average Bonchev–Trinajstić information content (AvgIpc) is 3.24. The van der Waals surface area contributed by atoms with Gasteiger partial charge in [0, 0.05) is 49.4 Å². The van der Waals surface area contributed by atoms with Crippen LogP contribution in [-0.2, 0) is 24.3 Å². The Hall–Kier alpha value is -3.20. The summed E-state index contributed by atoms with van der Waals surface area (Å²) in [4.78, 5) is 23.1. The summed E-state index contributed by atoms with van der Waals surface area (Å²) in [7, 11) is 1.84. The number of β-amino-alcohol motifs (C(OH)–C–C–N with tert-alkyl or cyclic N) is 1. The molecular weight excluding hydrogens is 447 g/mol. The number of aliphatic hydroxyl groups is 1. The fourth-order valence-electron chi connectivity index (χ4n) is 4.88. The molecule has 8 heteroatoms. The second kappa shape index (κ2) is 9.45. The number of carbonyl (C=O) groups is 1. The summed E-state index contributed by atoms with van der Waals surface area (Å²) in [5.41, 5.74) is 6.33. The van der Waals surface area contributed by atoms with Crippen LogP contribution in [0.2, 0.25) is 0 Å². The first-order chi connectivity index (χ1) is 16.9. The molecule has 0 saturated heterocycles.